The molecule has 1 atom stereocenters. The third-order valence-corrected chi connectivity index (χ3v) is 4.18. The highest BCUT2D eigenvalue weighted by Gasteiger charge is 2.31. The largest absolute Gasteiger partial charge is 0.443 e. The molecule has 0 radical (unpaired) electrons. The lowest BCUT2D eigenvalue weighted by Crippen LogP contribution is -2.27. The van der Waals surface area contributed by atoms with Crippen LogP contribution in [0.1, 0.15) is 5.69 Å². The first kappa shape index (κ1) is 16.3. The van der Waals surface area contributed by atoms with Crippen molar-refractivity contribution in [3.05, 3.63) is 60.7 Å². The van der Waals surface area contributed by atoms with Crippen LogP contribution in [-0.4, -0.2) is 44.6 Å². The van der Waals surface area contributed by atoms with Gasteiger partial charge in [0.05, 0.1) is 36.5 Å². The molecule has 134 valence electrons. The molecule has 0 bridgehead atoms. The number of halogens is 1. The monoisotopic (exact) mass is 356 g/mol. The van der Waals surface area contributed by atoms with Crippen LogP contribution in [0.2, 0.25) is 0 Å². The van der Waals surface area contributed by atoms with E-state index in [1.807, 2.05) is 12.3 Å². The van der Waals surface area contributed by atoms with E-state index in [0.29, 0.717) is 24.5 Å². The van der Waals surface area contributed by atoms with E-state index in [1.54, 1.807) is 40.1 Å². The molecule has 1 saturated heterocycles. The van der Waals surface area contributed by atoms with Crippen LogP contribution in [-0.2, 0) is 11.3 Å². The van der Waals surface area contributed by atoms with Crippen LogP contribution in [0.15, 0.2) is 49.2 Å². The van der Waals surface area contributed by atoms with Crippen molar-refractivity contribution in [2.24, 2.45) is 5.73 Å². The topological polar surface area (TPSA) is 91.2 Å². The molecule has 2 aromatic heterocycles. The summed E-state index contributed by atoms with van der Waals surface area (Å²) in [6, 6.07) is 6.41. The number of ether oxygens (including phenoxy) is 1. The number of nitrogens with zero attached hydrogens (tertiary/aromatic N) is 5. The third kappa shape index (κ3) is 3.04. The Morgan fingerprint density at radius 2 is 2.27 bits per heavy atom. The number of anilines is 1. The molecule has 1 aliphatic heterocycles. The van der Waals surface area contributed by atoms with Crippen molar-refractivity contribution in [3.8, 4) is 5.69 Å². The van der Waals surface area contributed by atoms with E-state index in [1.165, 1.54) is 11.0 Å². The lowest BCUT2D eigenvalue weighted by Gasteiger charge is -2.14. The summed E-state index contributed by atoms with van der Waals surface area (Å²) in [7, 11) is 0. The Kier molecular flexibility index (Phi) is 4.13. The Labute approximate surface area is 148 Å². The minimum atomic E-state index is -0.517. The summed E-state index contributed by atoms with van der Waals surface area (Å²) < 4.78 is 23.0. The molecule has 0 saturated carbocycles. The second kappa shape index (κ2) is 6.60. The number of benzene rings is 1. The van der Waals surface area contributed by atoms with Gasteiger partial charge in [-0.1, -0.05) is 0 Å². The normalized spacial score (nSPS) is 16.9. The minimum Gasteiger partial charge on any atom is -0.443 e. The molecule has 2 N–H and O–H groups in total. The van der Waals surface area contributed by atoms with Gasteiger partial charge in [-0.05, 0) is 24.3 Å². The number of hydrogen-bond acceptors (Lipinski definition) is 5. The fourth-order valence-corrected chi connectivity index (χ4v) is 2.87. The molecule has 3 heterocycles. The molecule has 1 unspecified atom stereocenters. The van der Waals surface area contributed by atoms with Gasteiger partial charge in [-0.15, -0.1) is 0 Å². The maximum absolute atomic E-state index is 14.6. The van der Waals surface area contributed by atoms with Gasteiger partial charge in [0.1, 0.15) is 11.9 Å². The number of carbonyl (C=O) groups excluding carboxylic acids is 1. The van der Waals surface area contributed by atoms with Crippen LogP contribution in [0.4, 0.5) is 14.9 Å². The van der Waals surface area contributed by atoms with Gasteiger partial charge in [-0.3, -0.25) is 9.58 Å². The predicted octanol–water partition coefficient (Wildman–Crippen LogP) is 1.54. The van der Waals surface area contributed by atoms with Gasteiger partial charge in [-0.25, -0.2) is 14.2 Å². The Balaban J connectivity index is 1.55. The van der Waals surface area contributed by atoms with Crippen molar-refractivity contribution < 1.29 is 13.9 Å². The van der Waals surface area contributed by atoms with Gasteiger partial charge >= 0.3 is 6.09 Å². The van der Waals surface area contributed by atoms with Gasteiger partial charge in [0.25, 0.3) is 0 Å². The van der Waals surface area contributed by atoms with E-state index in [0.717, 1.165) is 5.69 Å². The van der Waals surface area contributed by atoms with Crippen LogP contribution < -0.4 is 10.6 Å². The van der Waals surface area contributed by atoms with E-state index in [4.69, 9.17) is 10.5 Å². The van der Waals surface area contributed by atoms with Crippen molar-refractivity contribution in [1.29, 1.82) is 0 Å². The number of hydrogen-bond donors (Lipinski definition) is 1. The van der Waals surface area contributed by atoms with Gasteiger partial charge in [0, 0.05) is 25.1 Å². The van der Waals surface area contributed by atoms with E-state index in [-0.39, 0.29) is 12.6 Å². The van der Waals surface area contributed by atoms with Gasteiger partial charge in [0.2, 0.25) is 0 Å². The smallest absolute Gasteiger partial charge is 0.414 e. The molecule has 1 aliphatic rings. The number of carbonyl (C=O) groups is 1. The summed E-state index contributed by atoms with van der Waals surface area (Å²) in [5, 5.41) is 4.12. The lowest BCUT2D eigenvalue weighted by molar-refractivity contribution is 0.145. The molecule has 0 aliphatic carbocycles. The van der Waals surface area contributed by atoms with Crippen molar-refractivity contribution in [2.45, 2.75) is 12.6 Å². The number of aromatic nitrogens is 4. The lowest BCUT2D eigenvalue weighted by atomic mass is 10.2. The maximum Gasteiger partial charge on any atom is 0.414 e. The maximum atomic E-state index is 14.6. The number of nitrogens with two attached hydrogens (primary N) is 1. The van der Waals surface area contributed by atoms with Crippen LogP contribution in [0.3, 0.4) is 0 Å². The van der Waals surface area contributed by atoms with Crippen molar-refractivity contribution in [1.82, 2.24) is 19.3 Å². The first-order valence-electron chi connectivity index (χ1n) is 8.12. The fraction of sp³-hybridized carbons (Fsp3) is 0.235. The second-order valence-electron chi connectivity index (χ2n) is 5.96. The summed E-state index contributed by atoms with van der Waals surface area (Å²) in [5.41, 5.74) is 7.06. The van der Waals surface area contributed by atoms with E-state index in [2.05, 4.69) is 10.1 Å². The second-order valence-corrected chi connectivity index (χ2v) is 5.96. The van der Waals surface area contributed by atoms with Crippen LogP contribution in [0.25, 0.3) is 5.69 Å². The van der Waals surface area contributed by atoms with Crippen LogP contribution >= 0.6 is 0 Å². The predicted molar refractivity (Wildman–Crippen MR) is 91.5 cm³/mol. The summed E-state index contributed by atoms with van der Waals surface area (Å²) >= 11 is 0. The average molecular weight is 356 g/mol. The first-order chi connectivity index (χ1) is 12.6. The third-order valence-electron chi connectivity index (χ3n) is 4.18. The summed E-state index contributed by atoms with van der Waals surface area (Å²) in [5.74, 6) is -0.463. The van der Waals surface area contributed by atoms with Crippen molar-refractivity contribution in [3.63, 3.8) is 0 Å². The molecule has 1 amide bonds. The Morgan fingerprint density at radius 1 is 1.38 bits per heavy atom. The highest BCUT2D eigenvalue weighted by atomic mass is 19.1. The Morgan fingerprint density at radius 3 is 2.96 bits per heavy atom. The summed E-state index contributed by atoms with van der Waals surface area (Å²) in [4.78, 5) is 17.5. The molecular weight excluding hydrogens is 339 g/mol. The average Bonchev–Trinajstić information content (AvgIpc) is 3.36. The highest BCUT2D eigenvalue weighted by molar-refractivity contribution is 5.89. The van der Waals surface area contributed by atoms with Gasteiger partial charge in [-0.2, -0.15) is 5.10 Å². The van der Waals surface area contributed by atoms with E-state index >= 15 is 0 Å². The fourth-order valence-electron chi connectivity index (χ4n) is 2.87. The Bertz CT molecular complexity index is 923. The molecule has 26 heavy (non-hydrogen) atoms. The van der Waals surface area contributed by atoms with E-state index < -0.39 is 11.9 Å². The first-order valence-corrected chi connectivity index (χ1v) is 8.12. The zero-order chi connectivity index (χ0) is 18.1. The zero-order valence-corrected chi connectivity index (χ0v) is 13.8. The number of cyclic esters (lactones) is 1. The molecule has 0 spiro atoms. The van der Waals surface area contributed by atoms with E-state index in [9.17, 15) is 9.18 Å². The standard InChI is InChI=1S/C17H17FN6O2/c18-15-6-13(24-10-14(7-19)26-17(24)25)2-3-16(15)22-8-12(20-11-22)9-23-5-1-4-21-23/h1-6,8,11,14H,7,9-10,19H2. The van der Waals surface area contributed by atoms with Crippen molar-refractivity contribution >= 4 is 11.8 Å². The Hall–Kier alpha value is -3.20. The molecule has 4 rings (SSSR count). The molecule has 3 aromatic rings. The molecule has 1 aromatic carbocycles. The highest BCUT2D eigenvalue weighted by Crippen LogP contribution is 2.25. The van der Waals surface area contributed by atoms with Crippen molar-refractivity contribution in [2.75, 3.05) is 18.0 Å². The quantitative estimate of drug-likeness (QED) is 0.749. The molecule has 9 heteroatoms. The number of imidazole rings is 1. The molecule has 8 nitrogen and oxygen atoms in total. The summed E-state index contributed by atoms with van der Waals surface area (Å²) in [6.45, 7) is 1.05. The minimum absolute atomic E-state index is 0.233. The molecule has 1 fully saturated rings. The van der Waals surface area contributed by atoms with Crippen LogP contribution in [0, 0.1) is 5.82 Å². The number of rotatable bonds is 5. The SMILES string of the molecule is NCC1CN(c2ccc(-n3cnc(Cn4cccn4)c3)c(F)c2)C(=O)O1. The summed E-state index contributed by atoms with van der Waals surface area (Å²) in [6.07, 6.45) is 5.92. The van der Waals surface area contributed by atoms with Gasteiger partial charge < -0.3 is 15.0 Å². The van der Waals surface area contributed by atoms with Crippen LogP contribution in [0.5, 0.6) is 0 Å². The molecular formula is C17H17FN6O2. The van der Waals surface area contributed by atoms with Gasteiger partial charge in [0.15, 0.2) is 0 Å². The number of amides is 1. The zero-order valence-electron chi connectivity index (χ0n) is 13.8.